The second-order valence-corrected chi connectivity index (χ2v) is 7.85. The molecular weight excluding hydrogens is 362 g/mol. The molecule has 5 heteroatoms. The number of amides is 1. The van der Waals surface area contributed by atoms with Crippen molar-refractivity contribution in [1.29, 1.82) is 0 Å². The third-order valence-electron chi connectivity index (χ3n) is 5.79. The monoisotopic (exact) mass is 389 g/mol. The summed E-state index contributed by atoms with van der Waals surface area (Å²) in [5, 5.41) is 1.14. The van der Waals surface area contributed by atoms with Gasteiger partial charge in [-0.05, 0) is 67.8 Å². The van der Waals surface area contributed by atoms with Crippen LogP contribution in [0.25, 0.3) is 22.2 Å². The van der Waals surface area contributed by atoms with Crippen LogP contribution in [0.2, 0.25) is 0 Å². The molecule has 0 saturated carbocycles. The fourth-order valence-corrected chi connectivity index (χ4v) is 4.18. The summed E-state index contributed by atoms with van der Waals surface area (Å²) >= 11 is 0. The van der Waals surface area contributed by atoms with Crippen LogP contribution in [0.1, 0.15) is 24.0 Å². The predicted octanol–water partition coefficient (Wildman–Crippen LogP) is 3.92. The summed E-state index contributed by atoms with van der Waals surface area (Å²) in [6.45, 7) is 4.53. The van der Waals surface area contributed by atoms with E-state index in [0.717, 1.165) is 59.4 Å². The van der Waals surface area contributed by atoms with E-state index < -0.39 is 0 Å². The van der Waals surface area contributed by atoms with Gasteiger partial charge >= 0.3 is 0 Å². The number of pyridine rings is 1. The van der Waals surface area contributed by atoms with Crippen LogP contribution in [0.4, 0.5) is 0 Å². The van der Waals surface area contributed by atoms with Crippen molar-refractivity contribution in [3.05, 3.63) is 59.7 Å². The van der Waals surface area contributed by atoms with Crippen LogP contribution in [-0.2, 0) is 11.3 Å². The zero-order chi connectivity index (χ0) is 20.4. The van der Waals surface area contributed by atoms with E-state index >= 15 is 0 Å². The molecule has 3 aromatic rings. The molecule has 5 nitrogen and oxygen atoms in total. The molecule has 2 heterocycles. The van der Waals surface area contributed by atoms with Gasteiger partial charge in [-0.1, -0.05) is 18.2 Å². The quantitative estimate of drug-likeness (QED) is 0.718. The Morgan fingerprint density at radius 3 is 2.76 bits per heavy atom. The number of likely N-dealkylation sites (tertiary alicyclic amines) is 1. The molecule has 1 saturated heterocycles. The van der Waals surface area contributed by atoms with Crippen molar-refractivity contribution in [3.63, 3.8) is 0 Å². The van der Waals surface area contributed by atoms with Crippen molar-refractivity contribution in [3.8, 4) is 17.0 Å². The van der Waals surface area contributed by atoms with E-state index in [-0.39, 0.29) is 11.8 Å². The standard InChI is InChI=1S/C24H27N3O2/c1-16-5-3-6-18-13-20(15-27-12-4-7-19(14-27)24(25)28)23(26-22(16)18)17-8-10-21(29-2)11-9-17/h3,5-6,8-11,13,19H,4,7,12,14-15H2,1-2H3,(H2,25,28)/t19-/m1/s1. The highest BCUT2D eigenvalue weighted by Crippen LogP contribution is 2.30. The summed E-state index contributed by atoms with van der Waals surface area (Å²) in [4.78, 5) is 19.1. The maximum Gasteiger partial charge on any atom is 0.221 e. The van der Waals surface area contributed by atoms with Gasteiger partial charge in [-0.2, -0.15) is 0 Å². The van der Waals surface area contributed by atoms with Crippen molar-refractivity contribution in [2.75, 3.05) is 20.2 Å². The van der Waals surface area contributed by atoms with Crippen molar-refractivity contribution in [1.82, 2.24) is 9.88 Å². The summed E-state index contributed by atoms with van der Waals surface area (Å²) < 4.78 is 5.31. The Morgan fingerprint density at radius 2 is 2.03 bits per heavy atom. The molecule has 1 amide bonds. The average molecular weight is 389 g/mol. The lowest BCUT2D eigenvalue weighted by molar-refractivity contribution is -0.123. The molecule has 1 aliphatic rings. The van der Waals surface area contributed by atoms with E-state index in [1.54, 1.807) is 7.11 Å². The first-order valence-corrected chi connectivity index (χ1v) is 10.1. The third kappa shape index (κ3) is 4.10. The highest BCUT2D eigenvalue weighted by molar-refractivity contribution is 5.86. The smallest absolute Gasteiger partial charge is 0.221 e. The molecule has 2 N–H and O–H groups in total. The lowest BCUT2D eigenvalue weighted by Gasteiger charge is -2.31. The number of ether oxygens (including phenoxy) is 1. The summed E-state index contributed by atoms with van der Waals surface area (Å²) in [7, 11) is 1.67. The number of carbonyl (C=O) groups is 1. The van der Waals surface area contributed by atoms with Gasteiger partial charge in [0.05, 0.1) is 24.2 Å². The molecule has 0 unspecified atom stereocenters. The third-order valence-corrected chi connectivity index (χ3v) is 5.79. The minimum absolute atomic E-state index is 0.0659. The Kier molecular flexibility index (Phi) is 5.49. The number of fused-ring (bicyclic) bond motifs is 1. The van der Waals surface area contributed by atoms with Gasteiger partial charge in [-0.15, -0.1) is 0 Å². The molecular formula is C24H27N3O2. The molecule has 29 heavy (non-hydrogen) atoms. The lowest BCUT2D eigenvalue weighted by Crippen LogP contribution is -2.40. The number of nitrogens with two attached hydrogens (primary N) is 1. The number of piperidine rings is 1. The van der Waals surface area contributed by atoms with Gasteiger partial charge in [0, 0.05) is 24.0 Å². The van der Waals surface area contributed by atoms with E-state index in [1.165, 1.54) is 5.56 Å². The van der Waals surface area contributed by atoms with Gasteiger partial charge in [-0.25, -0.2) is 4.98 Å². The zero-order valence-corrected chi connectivity index (χ0v) is 17.0. The van der Waals surface area contributed by atoms with Crippen LogP contribution >= 0.6 is 0 Å². The van der Waals surface area contributed by atoms with Crippen molar-refractivity contribution < 1.29 is 9.53 Å². The molecule has 150 valence electrons. The highest BCUT2D eigenvalue weighted by Gasteiger charge is 2.25. The summed E-state index contributed by atoms with van der Waals surface area (Å²) in [6, 6.07) is 16.5. The summed E-state index contributed by atoms with van der Waals surface area (Å²) in [5.41, 5.74) is 11.0. The van der Waals surface area contributed by atoms with Crippen LogP contribution in [-0.4, -0.2) is 36.0 Å². The molecule has 0 radical (unpaired) electrons. The first-order chi connectivity index (χ1) is 14.0. The van der Waals surface area contributed by atoms with Crippen LogP contribution in [0.3, 0.4) is 0 Å². The molecule has 0 aliphatic carbocycles. The molecule has 1 atom stereocenters. The number of carbonyl (C=O) groups excluding carboxylic acids is 1. The van der Waals surface area contributed by atoms with E-state index in [4.69, 9.17) is 15.5 Å². The van der Waals surface area contributed by atoms with Gasteiger partial charge in [0.15, 0.2) is 0 Å². The Balaban J connectivity index is 1.75. The predicted molar refractivity (Wildman–Crippen MR) is 116 cm³/mol. The fourth-order valence-electron chi connectivity index (χ4n) is 4.18. The van der Waals surface area contributed by atoms with Crippen LogP contribution < -0.4 is 10.5 Å². The van der Waals surface area contributed by atoms with Crippen molar-refractivity contribution in [2.45, 2.75) is 26.3 Å². The molecule has 1 fully saturated rings. The number of para-hydroxylation sites is 1. The SMILES string of the molecule is COc1ccc(-c2nc3c(C)cccc3cc2CN2CCC[C@@H](C(N)=O)C2)cc1. The number of aromatic nitrogens is 1. The lowest BCUT2D eigenvalue weighted by atomic mass is 9.96. The van der Waals surface area contributed by atoms with E-state index in [0.29, 0.717) is 6.54 Å². The highest BCUT2D eigenvalue weighted by atomic mass is 16.5. The van der Waals surface area contributed by atoms with Crippen molar-refractivity contribution >= 4 is 16.8 Å². The van der Waals surface area contributed by atoms with Gasteiger partial charge in [0.2, 0.25) is 5.91 Å². The number of rotatable bonds is 5. The zero-order valence-electron chi connectivity index (χ0n) is 17.0. The largest absolute Gasteiger partial charge is 0.497 e. The molecule has 1 aliphatic heterocycles. The Labute approximate surface area is 171 Å². The number of hydrogen-bond donors (Lipinski definition) is 1. The number of primary amides is 1. The van der Waals surface area contributed by atoms with Crippen LogP contribution in [0.15, 0.2) is 48.5 Å². The number of hydrogen-bond acceptors (Lipinski definition) is 4. The first kappa shape index (κ1) is 19.4. The number of methoxy groups -OCH3 is 1. The minimum Gasteiger partial charge on any atom is -0.497 e. The first-order valence-electron chi connectivity index (χ1n) is 10.1. The Morgan fingerprint density at radius 1 is 1.24 bits per heavy atom. The number of aryl methyl sites for hydroxylation is 1. The molecule has 2 aromatic carbocycles. The molecule has 1 aromatic heterocycles. The van der Waals surface area contributed by atoms with E-state index in [1.807, 2.05) is 12.1 Å². The summed E-state index contributed by atoms with van der Waals surface area (Å²) in [6.07, 6.45) is 1.87. The molecule has 0 spiro atoms. The van der Waals surface area contributed by atoms with E-state index in [9.17, 15) is 4.79 Å². The van der Waals surface area contributed by atoms with Gasteiger partial charge in [0.25, 0.3) is 0 Å². The van der Waals surface area contributed by atoms with Gasteiger partial charge in [-0.3, -0.25) is 9.69 Å². The van der Waals surface area contributed by atoms with E-state index in [2.05, 4.69) is 48.2 Å². The van der Waals surface area contributed by atoms with Gasteiger partial charge < -0.3 is 10.5 Å². The topological polar surface area (TPSA) is 68.4 Å². The number of nitrogens with zero attached hydrogens (tertiary/aromatic N) is 2. The number of benzene rings is 2. The minimum atomic E-state index is -0.197. The fraction of sp³-hybridized carbons (Fsp3) is 0.333. The average Bonchev–Trinajstić information content (AvgIpc) is 2.74. The maximum absolute atomic E-state index is 11.7. The second kappa shape index (κ2) is 8.21. The second-order valence-electron chi connectivity index (χ2n) is 7.85. The Hall–Kier alpha value is -2.92. The summed E-state index contributed by atoms with van der Waals surface area (Å²) in [5.74, 6) is 0.564. The normalized spacial score (nSPS) is 17.4. The Bertz CT molecular complexity index is 1030. The maximum atomic E-state index is 11.7. The van der Waals surface area contributed by atoms with Gasteiger partial charge in [0.1, 0.15) is 5.75 Å². The van der Waals surface area contributed by atoms with Crippen molar-refractivity contribution in [2.24, 2.45) is 11.7 Å². The van der Waals surface area contributed by atoms with Crippen LogP contribution in [0, 0.1) is 12.8 Å². The molecule has 4 rings (SSSR count). The van der Waals surface area contributed by atoms with Crippen LogP contribution in [0.5, 0.6) is 5.75 Å². The molecule has 0 bridgehead atoms.